The van der Waals surface area contributed by atoms with Crippen LogP contribution in [0, 0.1) is 11.5 Å². The lowest BCUT2D eigenvalue weighted by atomic mass is 9.84. The van der Waals surface area contributed by atoms with Gasteiger partial charge in [0.2, 0.25) is 0 Å². The Morgan fingerprint density at radius 3 is 2.12 bits per heavy atom. The minimum absolute atomic E-state index is 0.416. The smallest absolute Gasteiger partial charge is 0.264 e. The molecule has 1 aliphatic carbocycles. The second kappa shape index (κ2) is 7.65. The van der Waals surface area contributed by atoms with Crippen LogP contribution in [-0.4, -0.2) is 5.91 Å². The van der Waals surface area contributed by atoms with Crippen LogP contribution in [0.1, 0.15) is 53.9 Å². The molecule has 2 aromatic carbocycles. The molecule has 0 aliphatic heterocycles. The van der Waals surface area contributed by atoms with E-state index in [0.717, 1.165) is 5.75 Å². The molecule has 1 amide bonds. The third kappa shape index (κ3) is 3.94. The molecule has 4 heteroatoms. The van der Waals surface area contributed by atoms with E-state index in [2.05, 4.69) is 17.4 Å². The molecule has 1 aliphatic rings. The fourth-order valence-electron chi connectivity index (χ4n) is 3.18. The number of nitriles is 1. The zero-order valence-corrected chi connectivity index (χ0v) is 13.5. The molecule has 122 valence electrons. The van der Waals surface area contributed by atoms with Crippen LogP contribution in [0.2, 0.25) is 0 Å². The van der Waals surface area contributed by atoms with Crippen molar-refractivity contribution in [2.75, 3.05) is 0 Å². The molecule has 0 bridgehead atoms. The van der Waals surface area contributed by atoms with Crippen LogP contribution in [0.4, 0.5) is 0 Å². The summed E-state index contributed by atoms with van der Waals surface area (Å²) >= 11 is 0. The molecule has 0 saturated heterocycles. The first-order valence-corrected chi connectivity index (χ1v) is 8.33. The van der Waals surface area contributed by atoms with E-state index in [1.54, 1.807) is 30.5 Å². The van der Waals surface area contributed by atoms with E-state index in [1.165, 1.54) is 37.7 Å². The normalized spacial score (nSPS) is 14.6. The Bertz CT molecular complexity index is 724. The maximum Gasteiger partial charge on any atom is 0.264 e. The highest BCUT2D eigenvalue weighted by atomic mass is 16.5. The van der Waals surface area contributed by atoms with Gasteiger partial charge in [-0.1, -0.05) is 31.4 Å². The number of benzene rings is 2. The number of rotatable bonds is 4. The number of carbonyl (C=O) groups excluding carboxylic acids is 1. The van der Waals surface area contributed by atoms with Crippen LogP contribution >= 0.6 is 0 Å². The van der Waals surface area contributed by atoms with Crippen molar-refractivity contribution in [3.05, 3.63) is 59.7 Å². The first-order valence-electron chi connectivity index (χ1n) is 8.33. The van der Waals surface area contributed by atoms with Gasteiger partial charge in [-0.15, -0.1) is 0 Å². The van der Waals surface area contributed by atoms with Gasteiger partial charge < -0.3 is 4.74 Å². The number of hydrogen-bond donors (Lipinski definition) is 1. The van der Waals surface area contributed by atoms with Crippen molar-refractivity contribution in [3.63, 3.8) is 0 Å². The third-order valence-electron chi connectivity index (χ3n) is 4.48. The van der Waals surface area contributed by atoms with Gasteiger partial charge in [-0.05, 0) is 60.7 Å². The number of hydrogen-bond acceptors (Lipinski definition) is 3. The minimum atomic E-state index is -0.416. The molecule has 2 aromatic rings. The molecule has 24 heavy (non-hydrogen) atoms. The van der Waals surface area contributed by atoms with Gasteiger partial charge in [-0.2, -0.15) is 5.26 Å². The highest BCUT2D eigenvalue weighted by molar-refractivity contribution is 5.95. The highest BCUT2D eigenvalue weighted by Gasteiger charge is 2.15. The number of nitrogens with one attached hydrogen (secondary N) is 1. The van der Waals surface area contributed by atoms with Crippen molar-refractivity contribution in [2.24, 2.45) is 0 Å². The van der Waals surface area contributed by atoms with Crippen LogP contribution in [0.5, 0.6) is 11.5 Å². The predicted octanol–water partition coefficient (Wildman–Crippen LogP) is 4.74. The van der Waals surface area contributed by atoms with E-state index in [1.807, 2.05) is 12.1 Å². The van der Waals surface area contributed by atoms with Gasteiger partial charge in [-0.25, -0.2) is 0 Å². The molecule has 0 spiro atoms. The Labute approximate surface area is 142 Å². The maximum absolute atomic E-state index is 11.5. The molecule has 0 radical (unpaired) electrons. The van der Waals surface area contributed by atoms with Crippen LogP contribution in [0.3, 0.4) is 0 Å². The molecule has 1 N–H and O–H groups in total. The first kappa shape index (κ1) is 16.1. The largest absolute Gasteiger partial charge is 0.457 e. The monoisotopic (exact) mass is 320 g/mol. The molecule has 1 fully saturated rings. The van der Waals surface area contributed by atoms with E-state index >= 15 is 0 Å². The summed E-state index contributed by atoms with van der Waals surface area (Å²) in [6.45, 7) is 0. The van der Waals surface area contributed by atoms with E-state index < -0.39 is 5.91 Å². The number of nitrogens with zero attached hydrogens (tertiary/aromatic N) is 1. The van der Waals surface area contributed by atoms with Gasteiger partial charge in [-0.3, -0.25) is 10.1 Å². The lowest BCUT2D eigenvalue weighted by molar-refractivity contribution is 0.0973. The lowest BCUT2D eigenvalue weighted by Crippen LogP contribution is -2.16. The summed E-state index contributed by atoms with van der Waals surface area (Å²) in [4.78, 5) is 11.5. The van der Waals surface area contributed by atoms with E-state index in [9.17, 15) is 4.79 Å². The van der Waals surface area contributed by atoms with Crippen LogP contribution in [0.15, 0.2) is 48.5 Å². The Kier molecular flexibility index (Phi) is 5.12. The summed E-state index contributed by atoms with van der Waals surface area (Å²) < 4.78 is 5.82. The zero-order chi connectivity index (χ0) is 16.8. The topological polar surface area (TPSA) is 62.1 Å². The molecule has 0 atom stereocenters. The quantitative estimate of drug-likeness (QED) is 0.654. The van der Waals surface area contributed by atoms with Crippen molar-refractivity contribution in [1.82, 2.24) is 5.32 Å². The second-order valence-electron chi connectivity index (χ2n) is 6.10. The van der Waals surface area contributed by atoms with Gasteiger partial charge in [0.05, 0.1) is 0 Å². The molecule has 1 saturated carbocycles. The summed E-state index contributed by atoms with van der Waals surface area (Å²) in [5.41, 5.74) is 1.82. The van der Waals surface area contributed by atoms with Crippen LogP contribution < -0.4 is 10.1 Å². The molecule has 0 unspecified atom stereocenters. The first-order chi connectivity index (χ1) is 11.8. The molecule has 0 aromatic heterocycles. The van der Waals surface area contributed by atoms with Crippen molar-refractivity contribution in [3.8, 4) is 17.7 Å². The summed E-state index contributed by atoms with van der Waals surface area (Å²) in [5, 5.41) is 10.6. The van der Waals surface area contributed by atoms with Gasteiger partial charge in [0.25, 0.3) is 5.91 Å². The summed E-state index contributed by atoms with van der Waals surface area (Å²) in [7, 11) is 0. The molecular weight excluding hydrogens is 300 g/mol. The number of amides is 1. The van der Waals surface area contributed by atoms with Gasteiger partial charge in [0, 0.05) is 5.56 Å². The average Bonchev–Trinajstić information content (AvgIpc) is 2.64. The average molecular weight is 320 g/mol. The molecule has 0 heterocycles. The van der Waals surface area contributed by atoms with Gasteiger partial charge in [0.1, 0.15) is 11.5 Å². The Morgan fingerprint density at radius 1 is 0.958 bits per heavy atom. The third-order valence-corrected chi connectivity index (χ3v) is 4.48. The van der Waals surface area contributed by atoms with Gasteiger partial charge in [0.15, 0.2) is 6.19 Å². The van der Waals surface area contributed by atoms with Crippen molar-refractivity contribution in [1.29, 1.82) is 5.26 Å². The van der Waals surface area contributed by atoms with Crippen molar-refractivity contribution >= 4 is 5.91 Å². The summed E-state index contributed by atoms with van der Waals surface area (Å²) in [6, 6.07) is 15.0. The predicted molar refractivity (Wildman–Crippen MR) is 91.9 cm³/mol. The molecule has 4 nitrogen and oxygen atoms in total. The Morgan fingerprint density at radius 2 is 1.54 bits per heavy atom. The van der Waals surface area contributed by atoms with Crippen molar-refractivity contribution < 1.29 is 9.53 Å². The second-order valence-corrected chi connectivity index (χ2v) is 6.10. The minimum Gasteiger partial charge on any atom is -0.457 e. The van der Waals surface area contributed by atoms with Crippen molar-refractivity contribution in [2.45, 2.75) is 38.0 Å². The van der Waals surface area contributed by atoms with E-state index in [0.29, 0.717) is 17.2 Å². The number of ether oxygens (including phenoxy) is 1. The molecular formula is C20H20N2O2. The SMILES string of the molecule is N#CNC(=O)c1ccc(Oc2ccc(C3CCCCC3)cc2)cc1. The molecule has 3 rings (SSSR count). The van der Waals surface area contributed by atoms with E-state index in [-0.39, 0.29) is 0 Å². The maximum atomic E-state index is 11.5. The Balaban J connectivity index is 1.63. The lowest BCUT2D eigenvalue weighted by Gasteiger charge is -2.22. The van der Waals surface area contributed by atoms with E-state index in [4.69, 9.17) is 10.00 Å². The summed E-state index contributed by atoms with van der Waals surface area (Å²) in [6.07, 6.45) is 8.21. The fraction of sp³-hybridized carbons (Fsp3) is 0.300. The standard InChI is InChI=1S/C20H20N2O2/c21-14-22-20(23)17-8-12-19(13-9-17)24-18-10-6-16(7-11-18)15-4-2-1-3-5-15/h6-13,15H,1-5H2,(H,22,23). The number of carbonyl (C=O) groups is 1. The summed E-state index contributed by atoms with van der Waals surface area (Å²) in [5.74, 6) is 1.71. The highest BCUT2D eigenvalue weighted by Crippen LogP contribution is 2.33. The van der Waals surface area contributed by atoms with Gasteiger partial charge >= 0.3 is 0 Å². The fourth-order valence-corrected chi connectivity index (χ4v) is 3.18. The zero-order valence-electron chi connectivity index (χ0n) is 13.5. The van der Waals surface area contributed by atoms with Crippen LogP contribution in [0.25, 0.3) is 0 Å². The Hall–Kier alpha value is -2.80. The van der Waals surface area contributed by atoms with Crippen LogP contribution in [-0.2, 0) is 0 Å².